The number of rotatable bonds is 5. The van der Waals surface area contributed by atoms with Crippen molar-refractivity contribution in [3.63, 3.8) is 0 Å². The van der Waals surface area contributed by atoms with Crippen LogP contribution in [0.5, 0.6) is 0 Å². The Morgan fingerprint density at radius 1 is 1.26 bits per heavy atom. The molecule has 0 unspecified atom stereocenters. The third-order valence-electron chi connectivity index (χ3n) is 4.36. The molecule has 9 nitrogen and oxygen atoms in total. The summed E-state index contributed by atoms with van der Waals surface area (Å²) in [7, 11) is 1.48. The molecule has 0 saturated carbocycles. The highest BCUT2D eigenvalue weighted by molar-refractivity contribution is 6.31. The van der Waals surface area contributed by atoms with E-state index in [1.165, 1.54) is 23.9 Å². The summed E-state index contributed by atoms with van der Waals surface area (Å²) in [6.45, 7) is -0.337. The van der Waals surface area contributed by atoms with Crippen molar-refractivity contribution in [1.82, 2.24) is 9.13 Å². The van der Waals surface area contributed by atoms with Crippen LogP contribution in [-0.4, -0.2) is 49.4 Å². The molecule has 1 saturated heterocycles. The molecule has 1 fully saturated rings. The fraction of sp³-hybridized carbons (Fsp3) is 0.412. The topological polar surface area (TPSA) is 118 Å². The quantitative estimate of drug-likeness (QED) is 0.584. The summed E-state index contributed by atoms with van der Waals surface area (Å²) in [6.07, 6.45) is -3.35. The van der Waals surface area contributed by atoms with Crippen molar-refractivity contribution in [2.24, 2.45) is 12.2 Å². The van der Waals surface area contributed by atoms with Gasteiger partial charge in [-0.1, -0.05) is 35.0 Å². The number of halogens is 1. The molecular weight excluding hydrogens is 378 g/mol. The second-order valence-electron chi connectivity index (χ2n) is 6.11. The van der Waals surface area contributed by atoms with Crippen LogP contribution < -0.4 is 11.2 Å². The normalized spacial score (nSPS) is 25.7. The summed E-state index contributed by atoms with van der Waals surface area (Å²) in [6, 6.07) is 8.68. The molecule has 1 aromatic heterocycles. The average molecular weight is 398 g/mol. The zero-order chi connectivity index (χ0) is 19.6. The minimum atomic E-state index is -1.35. The third kappa shape index (κ3) is 3.92. The van der Waals surface area contributed by atoms with Gasteiger partial charge in [0.25, 0.3) is 0 Å². The van der Waals surface area contributed by atoms with Crippen LogP contribution in [0.4, 0.5) is 0 Å². The van der Waals surface area contributed by atoms with Gasteiger partial charge in [-0.25, -0.2) is 4.79 Å². The maximum atomic E-state index is 12.6. The first-order chi connectivity index (χ1) is 12.9. The molecule has 4 atom stereocenters. The molecule has 0 aliphatic carbocycles. The smallest absolute Gasteiger partial charge is 0.331 e. The number of hydrogen-bond acceptors (Lipinski definition) is 7. The lowest BCUT2D eigenvalue weighted by Gasteiger charge is -2.18. The number of benzene rings is 1. The summed E-state index contributed by atoms with van der Waals surface area (Å²) >= 11 is 6.05. The molecule has 2 aromatic rings. The molecule has 1 aliphatic rings. The lowest BCUT2D eigenvalue weighted by atomic mass is 10.1. The number of aromatic nitrogens is 2. The molecule has 0 spiro atoms. The Bertz CT molecular complexity index is 927. The second-order valence-corrected chi connectivity index (χ2v) is 6.51. The summed E-state index contributed by atoms with van der Waals surface area (Å²) in [5, 5.41) is 33.6. The van der Waals surface area contributed by atoms with Crippen LogP contribution in [0.2, 0.25) is 5.02 Å². The first-order valence-corrected chi connectivity index (χ1v) is 8.62. The Morgan fingerprint density at radius 2 is 2.00 bits per heavy atom. The molecule has 146 valence electrons. The van der Waals surface area contributed by atoms with Crippen LogP contribution in [0.25, 0.3) is 0 Å². The molecule has 2 heterocycles. The van der Waals surface area contributed by atoms with Crippen LogP contribution in [0.3, 0.4) is 0 Å². The van der Waals surface area contributed by atoms with Crippen LogP contribution in [0, 0.1) is 0 Å². The van der Waals surface area contributed by atoms with Crippen molar-refractivity contribution in [3.05, 3.63) is 63.1 Å². The monoisotopic (exact) mass is 397 g/mol. The Morgan fingerprint density at radius 3 is 2.67 bits per heavy atom. The number of aliphatic hydroxyl groups is 3. The van der Waals surface area contributed by atoms with E-state index in [0.29, 0.717) is 5.02 Å². The first kappa shape index (κ1) is 19.6. The van der Waals surface area contributed by atoms with E-state index in [4.69, 9.17) is 26.3 Å². The Kier molecular flexibility index (Phi) is 5.98. The van der Waals surface area contributed by atoms with E-state index in [1.807, 2.05) is 6.07 Å². The van der Waals surface area contributed by atoms with Gasteiger partial charge >= 0.3 is 5.69 Å². The molecule has 27 heavy (non-hydrogen) atoms. The molecule has 3 N–H and O–H groups in total. The van der Waals surface area contributed by atoms with E-state index in [9.17, 15) is 15.0 Å². The van der Waals surface area contributed by atoms with Gasteiger partial charge in [0.1, 0.15) is 24.9 Å². The summed E-state index contributed by atoms with van der Waals surface area (Å²) in [5.74, 6) is 0. The minimum absolute atomic E-state index is 0.136. The Labute approximate surface area is 159 Å². The summed E-state index contributed by atoms with van der Waals surface area (Å²) in [5.41, 5.74) is 0.466. The van der Waals surface area contributed by atoms with Gasteiger partial charge in [-0.3, -0.25) is 9.13 Å². The average Bonchev–Trinajstić information content (AvgIpc) is 2.95. The number of aliphatic hydroxyl groups excluding tert-OH is 3. The Hall–Kier alpha value is -2.17. The lowest BCUT2D eigenvalue weighted by molar-refractivity contribution is -0.0555. The van der Waals surface area contributed by atoms with Gasteiger partial charge in [-0.2, -0.15) is 0 Å². The van der Waals surface area contributed by atoms with Crippen molar-refractivity contribution in [2.75, 3.05) is 6.61 Å². The van der Waals surface area contributed by atoms with E-state index in [2.05, 4.69) is 5.16 Å². The van der Waals surface area contributed by atoms with Crippen LogP contribution in [0.15, 0.2) is 46.5 Å². The standard InChI is InChI=1S/C17H20ClN3O6/c1-20-13(19-26-9-10-4-2-3-5-11(10)18)6-7-21(17(20)25)16-15(24)14(23)12(8-22)27-16/h2-7,12,14-16,22-24H,8-9H2,1H3/t12-,14-,15-,16-/m1/s1. The SMILES string of the molecule is Cn1c(=NOCc2ccccc2Cl)ccn([C@@H]2O[C@H](CO)[C@@H](O)[C@H]2O)c1=O. The number of hydrogen-bond donors (Lipinski definition) is 3. The highest BCUT2D eigenvalue weighted by Gasteiger charge is 2.43. The largest absolute Gasteiger partial charge is 0.394 e. The zero-order valence-electron chi connectivity index (χ0n) is 14.5. The second kappa shape index (κ2) is 8.24. The molecule has 1 aromatic carbocycles. The van der Waals surface area contributed by atoms with E-state index in [0.717, 1.165) is 10.1 Å². The van der Waals surface area contributed by atoms with Gasteiger partial charge in [-0.15, -0.1) is 0 Å². The van der Waals surface area contributed by atoms with Gasteiger partial charge in [0, 0.05) is 29.9 Å². The van der Waals surface area contributed by atoms with E-state index in [1.54, 1.807) is 18.2 Å². The van der Waals surface area contributed by atoms with Crippen LogP contribution >= 0.6 is 11.6 Å². The molecular formula is C17H20ClN3O6. The van der Waals surface area contributed by atoms with Gasteiger partial charge in [0.05, 0.1) is 6.61 Å². The van der Waals surface area contributed by atoms with Crippen molar-refractivity contribution >= 4 is 11.6 Å². The summed E-state index contributed by atoms with van der Waals surface area (Å²) < 4.78 is 7.70. The minimum Gasteiger partial charge on any atom is -0.394 e. The third-order valence-corrected chi connectivity index (χ3v) is 4.73. The number of nitrogens with zero attached hydrogens (tertiary/aromatic N) is 3. The predicted molar refractivity (Wildman–Crippen MR) is 94.5 cm³/mol. The van der Waals surface area contributed by atoms with Crippen molar-refractivity contribution in [3.8, 4) is 0 Å². The number of ether oxygens (including phenoxy) is 1. The van der Waals surface area contributed by atoms with Gasteiger partial charge in [0.2, 0.25) is 0 Å². The van der Waals surface area contributed by atoms with Gasteiger partial charge in [-0.05, 0) is 6.07 Å². The van der Waals surface area contributed by atoms with Crippen molar-refractivity contribution in [1.29, 1.82) is 0 Å². The molecule has 0 radical (unpaired) electrons. The summed E-state index contributed by atoms with van der Waals surface area (Å²) in [4.78, 5) is 17.8. The van der Waals surface area contributed by atoms with Gasteiger partial charge < -0.3 is 24.9 Å². The maximum Gasteiger partial charge on any atom is 0.331 e. The zero-order valence-corrected chi connectivity index (χ0v) is 15.2. The molecule has 1 aliphatic heterocycles. The molecule has 0 bridgehead atoms. The van der Waals surface area contributed by atoms with E-state index < -0.39 is 36.8 Å². The van der Waals surface area contributed by atoms with Crippen LogP contribution in [-0.2, 0) is 23.2 Å². The molecule has 3 rings (SSSR count). The van der Waals surface area contributed by atoms with Crippen LogP contribution in [0.1, 0.15) is 11.8 Å². The fourth-order valence-corrected chi connectivity index (χ4v) is 2.96. The predicted octanol–water partition coefficient (Wildman–Crippen LogP) is -0.516. The highest BCUT2D eigenvalue weighted by atomic mass is 35.5. The van der Waals surface area contributed by atoms with Crippen molar-refractivity contribution in [2.45, 2.75) is 31.1 Å². The van der Waals surface area contributed by atoms with E-state index >= 15 is 0 Å². The van der Waals surface area contributed by atoms with Gasteiger partial charge in [0.15, 0.2) is 11.7 Å². The molecule has 10 heteroatoms. The van der Waals surface area contributed by atoms with Crippen molar-refractivity contribution < 1.29 is 24.9 Å². The fourth-order valence-electron chi connectivity index (χ4n) is 2.77. The maximum absolute atomic E-state index is 12.6. The molecule has 0 amide bonds. The lowest BCUT2D eigenvalue weighted by Crippen LogP contribution is -2.42. The highest BCUT2D eigenvalue weighted by Crippen LogP contribution is 2.27. The Balaban J connectivity index is 1.81. The van der Waals surface area contributed by atoms with E-state index in [-0.39, 0.29) is 12.1 Å². The first-order valence-electron chi connectivity index (χ1n) is 8.24.